The fraction of sp³-hybridized carbons (Fsp3) is 0. The molecule has 0 bridgehead atoms. The predicted molar refractivity (Wildman–Crippen MR) is 23.0 cm³/mol. The molecule has 0 aromatic rings. The van der Waals surface area contributed by atoms with Crippen LogP contribution in [0.15, 0.2) is 0 Å². The second-order valence-corrected chi connectivity index (χ2v) is 37.1. The minimum atomic E-state index is 1.25. The van der Waals surface area contributed by atoms with Crippen molar-refractivity contribution in [1.29, 1.82) is 0 Å². The first-order valence-electron chi connectivity index (χ1n) is 0.983. The van der Waals surface area contributed by atoms with E-state index < -0.39 is 0 Å². The molecule has 0 aromatic heterocycles. The van der Waals surface area contributed by atoms with Crippen LogP contribution in [0.1, 0.15) is 0 Å². The summed E-state index contributed by atoms with van der Waals surface area (Å²) in [4.78, 5) is 0. The summed E-state index contributed by atoms with van der Waals surface area (Å²) in [5.74, 6) is 0. The summed E-state index contributed by atoms with van der Waals surface area (Å²) < 4.78 is 2.50. The summed E-state index contributed by atoms with van der Waals surface area (Å²) in [5.41, 5.74) is 0. The predicted octanol–water partition coefficient (Wildman–Crippen LogP) is -1.52. The Balaban J connectivity index is 1.97. The topological polar surface area (TPSA) is 0 Å². The monoisotopic (exact) mass is 238 g/mol. The molecule has 0 saturated heterocycles. The van der Waals surface area contributed by atoms with Gasteiger partial charge in [0, 0.05) is 0 Å². The van der Waals surface area contributed by atoms with E-state index in [1.165, 1.54) is 98.3 Å². The van der Waals surface area contributed by atoms with Crippen molar-refractivity contribution in [2.75, 3.05) is 0 Å². The normalized spacial score (nSPS) is 8.00. The molecule has 0 aliphatic carbocycles. The van der Waals surface area contributed by atoms with Crippen LogP contribution in [0, 0.1) is 0 Å². The number of hydrogen-bond acceptors (Lipinski definition) is 0. The molecule has 0 amide bonds. The number of hydrogen-bond donors (Lipinski definition) is 0. The molecule has 0 saturated carbocycles. The first kappa shape index (κ1) is 8.31. The van der Waals surface area contributed by atoms with Gasteiger partial charge >= 0.3 is 98.3 Å². The Morgan fingerprint density at radius 1 is 1.00 bits per heavy atom. The Labute approximate surface area is 93.8 Å². The van der Waals surface area contributed by atoms with Crippen molar-refractivity contribution in [3.63, 3.8) is 0 Å². The van der Waals surface area contributed by atoms with E-state index >= 15 is 0 Å². The van der Waals surface area contributed by atoms with E-state index in [0.717, 1.165) is 0 Å². The third kappa shape index (κ3) is 6.31. The Morgan fingerprint density at radius 3 is 1.25 bits per heavy atom. The maximum atomic E-state index is 1.25. The van der Waals surface area contributed by atoms with Gasteiger partial charge in [0.25, 0.3) is 0 Å². The van der Waals surface area contributed by atoms with Crippen LogP contribution in [0.2, 0.25) is 0 Å². The van der Waals surface area contributed by atoms with Crippen molar-refractivity contribution in [3.05, 3.63) is 0 Å². The van der Waals surface area contributed by atoms with E-state index in [4.69, 9.17) is 0 Å². The molecule has 0 radical (unpaired) electrons. The Kier molecular flexibility index (Phi) is 15.2. The molecule has 0 aromatic carbocycles. The Morgan fingerprint density at radius 2 is 1.25 bits per heavy atom. The third-order valence-electron chi connectivity index (χ3n) is 0.167. The molecular weight excluding hydrogens is 236 g/mol. The second-order valence-electron chi connectivity index (χ2n) is 0.333. The molecule has 0 nitrogen and oxygen atoms in total. The first-order chi connectivity index (χ1) is 1.91. The molecule has 0 N–H and O–H groups in total. The van der Waals surface area contributed by atoms with Crippen LogP contribution in [-0.2, 0) is 0 Å². The van der Waals surface area contributed by atoms with E-state index in [2.05, 4.69) is 0 Å². The van der Waals surface area contributed by atoms with E-state index in [0.29, 0.717) is 0 Å². The van der Waals surface area contributed by atoms with Gasteiger partial charge in [-0.25, -0.2) is 0 Å². The molecule has 0 aliphatic rings. The average molecular weight is 236 g/mol. The van der Waals surface area contributed by atoms with Crippen LogP contribution >= 0.6 is 0 Å². The van der Waals surface area contributed by atoms with Gasteiger partial charge in [-0.1, -0.05) is 0 Å². The van der Waals surface area contributed by atoms with Gasteiger partial charge in [-0.05, 0) is 0 Å². The van der Waals surface area contributed by atoms with Crippen molar-refractivity contribution in [2.24, 2.45) is 0 Å². The SMILES string of the molecule is [K][Se][Se][K]. The summed E-state index contributed by atoms with van der Waals surface area (Å²) in [6.45, 7) is 0. The van der Waals surface area contributed by atoms with Gasteiger partial charge in [0.2, 0.25) is 0 Å². The Hall–Kier alpha value is 4.31. The van der Waals surface area contributed by atoms with E-state index in [1.807, 2.05) is 0 Å². The fourth-order valence-electron chi connectivity index (χ4n) is 0. The van der Waals surface area contributed by atoms with Crippen LogP contribution < -0.4 is 0 Å². The minimum absolute atomic E-state index is 1.25. The van der Waals surface area contributed by atoms with Crippen LogP contribution in [0.4, 0.5) is 0 Å². The molecule has 4 heavy (non-hydrogen) atoms. The first-order valence-corrected chi connectivity index (χ1v) is 22.0. The van der Waals surface area contributed by atoms with Crippen molar-refractivity contribution in [2.45, 2.75) is 0 Å². The van der Waals surface area contributed by atoms with E-state index in [1.54, 1.807) is 0 Å². The average Bonchev–Trinajstić information content (AvgIpc) is 1.37. The van der Waals surface area contributed by atoms with E-state index in [-0.39, 0.29) is 0 Å². The number of rotatable bonds is 1. The molecule has 4 heteroatoms. The van der Waals surface area contributed by atoms with Crippen molar-refractivity contribution in [3.8, 4) is 0 Å². The third-order valence-corrected chi connectivity index (χ3v) is 76.5. The molecule has 0 atom stereocenters. The van der Waals surface area contributed by atoms with Crippen molar-refractivity contribution in [1.82, 2.24) is 0 Å². The maximum absolute atomic E-state index is 1.25. The van der Waals surface area contributed by atoms with Crippen molar-refractivity contribution >= 4 is 98.3 Å². The molecule has 0 fully saturated rings. The summed E-state index contributed by atoms with van der Waals surface area (Å²) in [6.07, 6.45) is 0. The second kappa shape index (κ2) is 7.31. The quantitative estimate of drug-likeness (QED) is 0.485. The van der Waals surface area contributed by atoms with Crippen LogP contribution in [0.3, 0.4) is 0 Å². The standard InChI is InChI=1S/2K.Se2/c;;1-2/q2*+1;-2. The van der Waals surface area contributed by atoms with Gasteiger partial charge in [-0.2, -0.15) is 0 Å². The molecule has 0 heterocycles. The fourth-order valence-corrected chi connectivity index (χ4v) is 0. The van der Waals surface area contributed by atoms with Gasteiger partial charge in [0.05, 0.1) is 0 Å². The zero-order valence-electron chi connectivity index (χ0n) is 2.82. The van der Waals surface area contributed by atoms with Gasteiger partial charge in [0.15, 0.2) is 0 Å². The van der Waals surface area contributed by atoms with Crippen LogP contribution in [-0.4, -0.2) is 98.3 Å². The summed E-state index contributed by atoms with van der Waals surface area (Å²) >= 11 is 2.50. The Bertz CT molecular complexity index is 6.00. The summed E-state index contributed by atoms with van der Waals surface area (Å²) in [6, 6.07) is 0. The molecule has 0 aliphatic heterocycles. The van der Waals surface area contributed by atoms with Crippen LogP contribution in [0.25, 0.3) is 0 Å². The molecule has 0 rings (SSSR count). The molecular formula is K2Se2. The van der Waals surface area contributed by atoms with Gasteiger partial charge < -0.3 is 0 Å². The summed E-state index contributed by atoms with van der Waals surface area (Å²) in [7, 11) is 0. The zero-order valence-corrected chi connectivity index (χ0v) is 12.5. The summed E-state index contributed by atoms with van der Waals surface area (Å²) in [5, 5.41) is 0. The zero-order chi connectivity index (χ0) is 3.41. The van der Waals surface area contributed by atoms with E-state index in [9.17, 15) is 0 Å². The molecule has 14 valence electrons. The molecule has 0 spiro atoms. The molecule has 0 unspecified atom stereocenters. The van der Waals surface area contributed by atoms with Gasteiger partial charge in [-0.3, -0.25) is 0 Å². The van der Waals surface area contributed by atoms with Gasteiger partial charge in [0.1, 0.15) is 0 Å². The van der Waals surface area contributed by atoms with Gasteiger partial charge in [-0.15, -0.1) is 0 Å². The van der Waals surface area contributed by atoms with Crippen molar-refractivity contribution < 1.29 is 0 Å². The van der Waals surface area contributed by atoms with Crippen LogP contribution in [0.5, 0.6) is 0 Å².